The van der Waals surface area contributed by atoms with Crippen molar-refractivity contribution in [2.75, 3.05) is 19.7 Å². The van der Waals surface area contributed by atoms with Gasteiger partial charge in [-0.2, -0.15) is 0 Å². The summed E-state index contributed by atoms with van der Waals surface area (Å²) in [5.74, 6) is 0.113. The Labute approximate surface area is 131 Å². The molecule has 1 unspecified atom stereocenters. The molecule has 2 aromatic rings. The number of carbonyl (C=O) groups is 1. The fraction of sp³-hybridized carbons (Fsp3) is 0.316. The highest BCUT2D eigenvalue weighted by Crippen LogP contribution is 2.18. The molecule has 1 amide bonds. The molecular weight excluding hydrogens is 274 g/mol. The first kappa shape index (κ1) is 14.8. The maximum atomic E-state index is 12.8. The van der Waals surface area contributed by atoms with Crippen molar-refractivity contribution in [1.82, 2.24) is 4.90 Å². The SMILES string of the molecule is CC1CN(C(=O)c2ccccc2Cc2ccccc2)CCO1. The van der Waals surface area contributed by atoms with Gasteiger partial charge in [0.2, 0.25) is 0 Å². The molecule has 2 aromatic carbocycles. The van der Waals surface area contributed by atoms with Gasteiger partial charge in [-0.15, -0.1) is 0 Å². The van der Waals surface area contributed by atoms with Gasteiger partial charge in [0.1, 0.15) is 0 Å². The number of hydrogen-bond donors (Lipinski definition) is 0. The maximum absolute atomic E-state index is 12.8. The zero-order valence-electron chi connectivity index (χ0n) is 12.9. The third-order valence-electron chi connectivity index (χ3n) is 4.01. The highest BCUT2D eigenvalue weighted by Gasteiger charge is 2.23. The standard InChI is InChI=1S/C19H21NO2/c1-15-14-20(11-12-22-15)19(21)18-10-6-5-9-17(18)13-16-7-3-2-4-8-16/h2-10,15H,11-14H2,1H3. The highest BCUT2D eigenvalue weighted by molar-refractivity contribution is 5.95. The maximum Gasteiger partial charge on any atom is 0.254 e. The lowest BCUT2D eigenvalue weighted by Gasteiger charge is -2.31. The van der Waals surface area contributed by atoms with E-state index in [1.165, 1.54) is 5.56 Å². The second-order valence-electron chi connectivity index (χ2n) is 5.75. The van der Waals surface area contributed by atoms with Gasteiger partial charge in [0.25, 0.3) is 5.91 Å². The van der Waals surface area contributed by atoms with Gasteiger partial charge in [-0.1, -0.05) is 48.5 Å². The van der Waals surface area contributed by atoms with Gasteiger partial charge in [0.15, 0.2) is 0 Å². The van der Waals surface area contributed by atoms with Gasteiger partial charge in [0.05, 0.1) is 12.7 Å². The quantitative estimate of drug-likeness (QED) is 0.870. The van der Waals surface area contributed by atoms with Crippen LogP contribution in [0, 0.1) is 0 Å². The third-order valence-corrected chi connectivity index (χ3v) is 4.01. The van der Waals surface area contributed by atoms with Crippen molar-refractivity contribution in [1.29, 1.82) is 0 Å². The normalized spacial score (nSPS) is 18.2. The molecule has 1 aliphatic rings. The molecule has 0 saturated carbocycles. The lowest BCUT2D eigenvalue weighted by atomic mass is 9.99. The Kier molecular flexibility index (Phi) is 4.54. The fourth-order valence-electron chi connectivity index (χ4n) is 2.87. The summed E-state index contributed by atoms with van der Waals surface area (Å²) in [5.41, 5.74) is 3.11. The minimum atomic E-state index is 0.110. The van der Waals surface area contributed by atoms with Crippen molar-refractivity contribution in [3.05, 3.63) is 71.3 Å². The Morgan fingerprint density at radius 2 is 1.86 bits per heavy atom. The molecule has 1 heterocycles. The Bertz CT molecular complexity index is 639. The van der Waals surface area contributed by atoms with Crippen molar-refractivity contribution in [3.8, 4) is 0 Å². The smallest absolute Gasteiger partial charge is 0.254 e. The van der Waals surface area contributed by atoms with Crippen molar-refractivity contribution >= 4 is 5.91 Å². The van der Waals surface area contributed by atoms with Crippen LogP contribution in [0.2, 0.25) is 0 Å². The van der Waals surface area contributed by atoms with Crippen molar-refractivity contribution in [2.24, 2.45) is 0 Å². The monoisotopic (exact) mass is 295 g/mol. The molecule has 0 bridgehead atoms. The molecule has 0 spiro atoms. The van der Waals surface area contributed by atoms with Crippen LogP contribution in [0.1, 0.15) is 28.4 Å². The topological polar surface area (TPSA) is 29.5 Å². The number of morpholine rings is 1. The molecule has 0 N–H and O–H groups in total. The summed E-state index contributed by atoms with van der Waals surface area (Å²) < 4.78 is 5.53. The Hall–Kier alpha value is -2.13. The summed E-state index contributed by atoms with van der Waals surface area (Å²) in [4.78, 5) is 14.7. The largest absolute Gasteiger partial charge is 0.375 e. The number of nitrogens with zero attached hydrogens (tertiary/aromatic N) is 1. The lowest BCUT2D eigenvalue weighted by Crippen LogP contribution is -2.44. The molecule has 1 saturated heterocycles. The van der Waals surface area contributed by atoms with Crippen LogP contribution in [-0.4, -0.2) is 36.6 Å². The van der Waals surface area contributed by atoms with E-state index < -0.39 is 0 Å². The van der Waals surface area contributed by atoms with Crippen LogP contribution >= 0.6 is 0 Å². The minimum Gasteiger partial charge on any atom is -0.375 e. The number of ether oxygens (including phenoxy) is 1. The molecule has 1 fully saturated rings. The molecule has 0 aliphatic carbocycles. The molecule has 0 aromatic heterocycles. The Morgan fingerprint density at radius 3 is 2.64 bits per heavy atom. The van der Waals surface area contributed by atoms with E-state index in [0.717, 1.165) is 17.5 Å². The summed E-state index contributed by atoms with van der Waals surface area (Å²) in [6.07, 6.45) is 0.891. The summed E-state index contributed by atoms with van der Waals surface area (Å²) in [7, 11) is 0. The molecule has 22 heavy (non-hydrogen) atoms. The first-order valence-electron chi connectivity index (χ1n) is 7.77. The molecule has 1 atom stereocenters. The van der Waals surface area contributed by atoms with E-state index in [4.69, 9.17) is 4.74 Å². The van der Waals surface area contributed by atoms with E-state index >= 15 is 0 Å². The molecule has 1 aliphatic heterocycles. The van der Waals surface area contributed by atoms with Crippen LogP contribution in [0.5, 0.6) is 0 Å². The zero-order valence-corrected chi connectivity index (χ0v) is 12.9. The average Bonchev–Trinajstić information content (AvgIpc) is 2.56. The predicted octanol–water partition coefficient (Wildman–Crippen LogP) is 3.14. The summed E-state index contributed by atoms with van der Waals surface area (Å²) >= 11 is 0. The number of carbonyl (C=O) groups excluding carboxylic acids is 1. The molecule has 3 heteroatoms. The minimum absolute atomic E-state index is 0.110. The molecule has 3 rings (SSSR count). The summed E-state index contributed by atoms with van der Waals surface area (Å²) in [6.45, 7) is 3.96. The van der Waals surface area contributed by atoms with Crippen LogP contribution in [0.3, 0.4) is 0 Å². The molecule has 114 valence electrons. The van der Waals surface area contributed by atoms with Gasteiger partial charge in [-0.25, -0.2) is 0 Å². The van der Waals surface area contributed by atoms with Gasteiger partial charge in [-0.3, -0.25) is 4.79 Å². The van der Waals surface area contributed by atoms with Crippen LogP contribution in [-0.2, 0) is 11.2 Å². The van der Waals surface area contributed by atoms with Gasteiger partial charge in [0, 0.05) is 18.7 Å². The van der Waals surface area contributed by atoms with Crippen molar-refractivity contribution < 1.29 is 9.53 Å². The number of amides is 1. The second kappa shape index (κ2) is 6.75. The third kappa shape index (κ3) is 3.37. The molecule has 3 nitrogen and oxygen atoms in total. The number of rotatable bonds is 3. The number of benzene rings is 2. The molecular formula is C19H21NO2. The van der Waals surface area contributed by atoms with Crippen LogP contribution in [0.25, 0.3) is 0 Å². The van der Waals surface area contributed by atoms with Crippen molar-refractivity contribution in [2.45, 2.75) is 19.4 Å². The van der Waals surface area contributed by atoms with E-state index in [-0.39, 0.29) is 12.0 Å². The van der Waals surface area contributed by atoms with Crippen LogP contribution < -0.4 is 0 Å². The second-order valence-corrected chi connectivity index (χ2v) is 5.75. The Balaban J connectivity index is 1.83. The van der Waals surface area contributed by atoms with E-state index in [1.807, 2.05) is 54.3 Å². The van der Waals surface area contributed by atoms with Crippen molar-refractivity contribution in [3.63, 3.8) is 0 Å². The first-order valence-corrected chi connectivity index (χ1v) is 7.77. The lowest BCUT2D eigenvalue weighted by molar-refractivity contribution is -0.0124. The van der Waals surface area contributed by atoms with E-state index in [0.29, 0.717) is 19.7 Å². The highest BCUT2D eigenvalue weighted by atomic mass is 16.5. The summed E-state index contributed by atoms with van der Waals surface area (Å²) in [6, 6.07) is 18.2. The first-order chi connectivity index (χ1) is 10.7. The number of hydrogen-bond acceptors (Lipinski definition) is 2. The van der Waals surface area contributed by atoms with Crippen LogP contribution in [0.4, 0.5) is 0 Å². The molecule has 0 radical (unpaired) electrons. The van der Waals surface area contributed by atoms with Gasteiger partial charge < -0.3 is 9.64 Å². The predicted molar refractivity (Wildman–Crippen MR) is 87.0 cm³/mol. The van der Waals surface area contributed by atoms with E-state index in [9.17, 15) is 4.79 Å². The van der Waals surface area contributed by atoms with E-state index in [2.05, 4.69) is 12.1 Å². The average molecular weight is 295 g/mol. The Morgan fingerprint density at radius 1 is 1.14 bits per heavy atom. The van der Waals surface area contributed by atoms with Crippen LogP contribution in [0.15, 0.2) is 54.6 Å². The zero-order chi connectivity index (χ0) is 15.4. The van der Waals surface area contributed by atoms with Gasteiger partial charge in [-0.05, 0) is 30.5 Å². The van der Waals surface area contributed by atoms with Gasteiger partial charge >= 0.3 is 0 Å². The summed E-state index contributed by atoms with van der Waals surface area (Å²) in [5, 5.41) is 0. The van der Waals surface area contributed by atoms with E-state index in [1.54, 1.807) is 0 Å². The fourth-order valence-corrected chi connectivity index (χ4v) is 2.87.